The molecule has 1 amide bonds. The minimum atomic E-state index is -4.38. The Kier molecular flexibility index (Phi) is 7.92. The zero-order chi connectivity index (χ0) is 22.3. The highest BCUT2D eigenvalue weighted by Gasteiger charge is 2.31. The van der Waals surface area contributed by atoms with E-state index in [0.29, 0.717) is 44.2 Å². The number of halogens is 3. The van der Waals surface area contributed by atoms with E-state index >= 15 is 0 Å². The molecule has 0 spiro atoms. The number of rotatable bonds is 8. The molecule has 1 heterocycles. The van der Waals surface area contributed by atoms with E-state index in [2.05, 4.69) is 10.2 Å². The Bertz CT molecular complexity index is 850. The van der Waals surface area contributed by atoms with Crippen LogP contribution in [-0.2, 0) is 10.9 Å². The SMILES string of the molecule is CCCOc1cccc(C(=O)NCC(c2ccc(C(F)(F)F)cc2)N2CCOCC2)c1. The molecule has 1 aliphatic heterocycles. The van der Waals surface area contributed by atoms with E-state index in [1.807, 2.05) is 6.92 Å². The Labute approximate surface area is 180 Å². The summed E-state index contributed by atoms with van der Waals surface area (Å²) in [5.74, 6) is 0.370. The molecule has 1 saturated heterocycles. The summed E-state index contributed by atoms with van der Waals surface area (Å²) in [6.07, 6.45) is -3.52. The summed E-state index contributed by atoms with van der Waals surface area (Å²) in [7, 11) is 0. The van der Waals surface area contributed by atoms with Gasteiger partial charge >= 0.3 is 6.18 Å². The molecule has 0 aromatic heterocycles. The van der Waals surface area contributed by atoms with Crippen molar-refractivity contribution in [2.24, 2.45) is 0 Å². The van der Waals surface area contributed by atoms with Crippen LogP contribution in [0.15, 0.2) is 48.5 Å². The third-order valence-electron chi connectivity index (χ3n) is 5.13. The lowest BCUT2D eigenvalue weighted by molar-refractivity contribution is -0.137. The second-order valence-corrected chi connectivity index (χ2v) is 7.37. The molecule has 168 valence electrons. The Morgan fingerprint density at radius 1 is 1.16 bits per heavy atom. The summed E-state index contributed by atoms with van der Waals surface area (Å²) >= 11 is 0. The summed E-state index contributed by atoms with van der Waals surface area (Å²) in [6, 6.07) is 11.8. The lowest BCUT2D eigenvalue weighted by Crippen LogP contribution is -2.43. The van der Waals surface area contributed by atoms with Crippen LogP contribution in [0.4, 0.5) is 13.2 Å². The van der Waals surface area contributed by atoms with E-state index in [1.54, 1.807) is 24.3 Å². The van der Waals surface area contributed by atoms with Crippen molar-refractivity contribution in [2.75, 3.05) is 39.5 Å². The van der Waals surface area contributed by atoms with Gasteiger partial charge in [-0.3, -0.25) is 9.69 Å². The van der Waals surface area contributed by atoms with Gasteiger partial charge in [-0.05, 0) is 42.3 Å². The van der Waals surface area contributed by atoms with Crippen molar-refractivity contribution in [3.63, 3.8) is 0 Å². The molecule has 0 radical (unpaired) electrons. The third kappa shape index (κ3) is 6.45. The highest BCUT2D eigenvalue weighted by atomic mass is 19.4. The predicted molar refractivity (Wildman–Crippen MR) is 111 cm³/mol. The fourth-order valence-corrected chi connectivity index (χ4v) is 3.48. The van der Waals surface area contributed by atoms with Crippen LogP contribution in [-0.4, -0.2) is 50.3 Å². The summed E-state index contributed by atoms with van der Waals surface area (Å²) in [5, 5.41) is 2.92. The lowest BCUT2D eigenvalue weighted by Gasteiger charge is -2.35. The molecule has 1 N–H and O–H groups in total. The molecule has 1 aliphatic rings. The van der Waals surface area contributed by atoms with Crippen LogP contribution in [0.5, 0.6) is 5.75 Å². The number of carbonyl (C=O) groups excluding carboxylic acids is 1. The molecule has 2 aromatic rings. The maximum absolute atomic E-state index is 12.9. The lowest BCUT2D eigenvalue weighted by atomic mass is 10.0. The number of amides is 1. The van der Waals surface area contributed by atoms with Crippen LogP contribution in [0, 0.1) is 0 Å². The summed E-state index contributed by atoms with van der Waals surface area (Å²) in [6.45, 7) is 5.21. The minimum absolute atomic E-state index is 0.255. The predicted octanol–water partition coefficient (Wildman–Crippen LogP) is 4.30. The summed E-state index contributed by atoms with van der Waals surface area (Å²) in [5.41, 5.74) is 0.502. The molecule has 0 bridgehead atoms. The normalized spacial score (nSPS) is 16.0. The number of benzene rings is 2. The van der Waals surface area contributed by atoms with E-state index < -0.39 is 11.7 Å². The van der Waals surface area contributed by atoms with Gasteiger partial charge in [0.15, 0.2) is 0 Å². The van der Waals surface area contributed by atoms with E-state index in [1.165, 1.54) is 12.1 Å². The van der Waals surface area contributed by atoms with Gasteiger partial charge in [0, 0.05) is 25.2 Å². The van der Waals surface area contributed by atoms with Crippen molar-refractivity contribution in [3.05, 3.63) is 65.2 Å². The number of hydrogen-bond acceptors (Lipinski definition) is 4. The van der Waals surface area contributed by atoms with Gasteiger partial charge in [0.1, 0.15) is 5.75 Å². The molecule has 0 aliphatic carbocycles. The van der Waals surface area contributed by atoms with Gasteiger partial charge in [-0.1, -0.05) is 25.1 Å². The molecular formula is C23H27F3N2O3. The van der Waals surface area contributed by atoms with Crippen LogP contribution in [0.3, 0.4) is 0 Å². The zero-order valence-corrected chi connectivity index (χ0v) is 17.5. The quantitative estimate of drug-likeness (QED) is 0.671. The van der Waals surface area contributed by atoms with E-state index in [9.17, 15) is 18.0 Å². The van der Waals surface area contributed by atoms with Crippen molar-refractivity contribution in [3.8, 4) is 5.75 Å². The first-order chi connectivity index (χ1) is 14.9. The first-order valence-corrected chi connectivity index (χ1v) is 10.4. The van der Waals surface area contributed by atoms with Crippen LogP contribution in [0.2, 0.25) is 0 Å². The Morgan fingerprint density at radius 2 is 1.87 bits per heavy atom. The van der Waals surface area contributed by atoms with Crippen molar-refractivity contribution >= 4 is 5.91 Å². The minimum Gasteiger partial charge on any atom is -0.494 e. The molecule has 31 heavy (non-hydrogen) atoms. The number of hydrogen-bond donors (Lipinski definition) is 1. The highest BCUT2D eigenvalue weighted by Crippen LogP contribution is 2.31. The van der Waals surface area contributed by atoms with Gasteiger partial charge in [-0.2, -0.15) is 13.2 Å². The first-order valence-electron chi connectivity index (χ1n) is 10.4. The topological polar surface area (TPSA) is 50.8 Å². The summed E-state index contributed by atoms with van der Waals surface area (Å²) < 4.78 is 49.8. The molecule has 5 nitrogen and oxygen atoms in total. The molecular weight excluding hydrogens is 409 g/mol. The number of nitrogens with zero attached hydrogens (tertiary/aromatic N) is 1. The first kappa shape index (κ1) is 23.1. The largest absolute Gasteiger partial charge is 0.494 e. The average molecular weight is 436 g/mol. The Hall–Kier alpha value is -2.58. The summed E-state index contributed by atoms with van der Waals surface area (Å²) in [4.78, 5) is 14.8. The maximum atomic E-state index is 12.9. The average Bonchev–Trinajstić information content (AvgIpc) is 2.78. The fourth-order valence-electron chi connectivity index (χ4n) is 3.48. The van der Waals surface area contributed by atoms with E-state index in [-0.39, 0.29) is 18.5 Å². The molecule has 1 unspecified atom stereocenters. The van der Waals surface area contributed by atoms with Crippen LogP contribution in [0.1, 0.15) is 40.9 Å². The highest BCUT2D eigenvalue weighted by molar-refractivity contribution is 5.94. The monoisotopic (exact) mass is 436 g/mol. The molecule has 0 saturated carbocycles. The molecule has 8 heteroatoms. The molecule has 2 aromatic carbocycles. The van der Waals surface area contributed by atoms with Crippen LogP contribution < -0.4 is 10.1 Å². The Balaban J connectivity index is 1.72. The number of alkyl halides is 3. The van der Waals surface area contributed by atoms with Crippen molar-refractivity contribution in [1.29, 1.82) is 0 Å². The second-order valence-electron chi connectivity index (χ2n) is 7.37. The standard InChI is InChI=1S/C23H27F3N2O3/c1-2-12-31-20-5-3-4-18(15-20)22(29)27-16-21(28-10-13-30-14-11-28)17-6-8-19(9-7-17)23(24,25)26/h3-9,15,21H,2,10-14,16H2,1H3,(H,27,29). The van der Waals surface area contributed by atoms with Crippen molar-refractivity contribution < 1.29 is 27.4 Å². The van der Waals surface area contributed by atoms with Crippen LogP contribution >= 0.6 is 0 Å². The molecule has 1 fully saturated rings. The van der Waals surface area contributed by atoms with Crippen LogP contribution in [0.25, 0.3) is 0 Å². The molecule has 1 atom stereocenters. The van der Waals surface area contributed by atoms with Gasteiger partial charge < -0.3 is 14.8 Å². The molecule has 3 rings (SSSR count). The smallest absolute Gasteiger partial charge is 0.416 e. The van der Waals surface area contributed by atoms with Gasteiger partial charge in [-0.15, -0.1) is 0 Å². The van der Waals surface area contributed by atoms with Crippen molar-refractivity contribution in [2.45, 2.75) is 25.6 Å². The van der Waals surface area contributed by atoms with Gasteiger partial charge in [0.05, 0.1) is 31.4 Å². The number of carbonyl (C=O) groups is 1. The van der Waals surface area contributed by atoms with Gasteiger partial charge in [-0.25, -0.2) is 0 Å². The van der Waals surface area contributed by atoms with E-state index in [0.717, 1.165) is 24.1 Å². The Morgan fingerprint density at radius 3 is 2.52 bits per heavy atom. The maximum Gasteiger partial charge on any atom is 0.416 e. The fraction of sp³-hybridized carbons (Fsp3) is 0.435. The number of morpholine rings is 1. The van der Waals surface area contributed by atoms with Crippen molar-refractivity contribution in [1.82, 2.24) is 10.2 Å². The van der Waals surface area contributed by atoms with E-state index in [4.69, 9.17) is 9.47 Å². The number of ether oxygens (including phenoxy) is 2. The van der Waals surface area contributed by atoms with Gasteiger partial charge in [0.2, 0.25) is 0 Å². The second kappa shape index (κ2) is 10.6. The zero-order valence-electron chi connectivity index (χ0n) is 17.5. The third-order valence-corrected chi connectivity index (χ3v) is 5.13. The number of nitrogens with one attached hydrogen (secondary N) is 1. The van der Waals surface area contributed by atoms with Gasteiger partial charge in [0.25, 0.3) is 5.91 Å².